The molecule has 1 aromatic heterocycles. The number of hydrogen-bond acceptors (Lipinski definition) is 5. The molecule has 0 bridgehead atoms. The van der Waals surface area contributed by atoms with E-state index in [9.17, 15) is 10.1 Å². The van der Waals surface area contributed by atoms with Crippen molar-refractivity contribution in [3.05, 3.63) is 45.8 Å². The van der Waals surface area contributed by atoms with Crippen LogP contribution in [0.5, 0.6) is 0 Å². The number of nitrogens with zero attached hydrogens (tertiary/aromatic N) is 4. The lowest BCUT2D eigenvalue weighted by molar-refractivity contribution is -0.384. The lowest BCUT2D eigenvalue weighted by atomic mass is 10.2. The fourth-order valence-corrected chi connectivity index (χ4v) is 1.71. The Labute approximate surface area is 110 Å². The summed E-state index contributed by atoms with van der Waals surface area (Å²) in [5.74, 6) is 0. The summed E-state index contributed by atoms with van der Waals surface area (Å²) in [5, 5.41) is 22.0. The Hall–Kier alpha value is -2.28. The third-order valence-corrected chi connectivity index (χ3v) is 2.75. The molecular formula is C12H15N5O2. The van der Waals surface area contributed by atoms with E-state index in [0.29, 0.717) is 12.2 Å². The summed E-state index contributed by atoms with van der Waals surface area (Å²) in [7, 11) is 0. The minimum atomic E-state index is -0.417. The molecule has 100 valence electrons. The molecule has 2 rings (SSSR count). The van der Waals surface area contributed by atoms with Crippen molar-refractivity contribution >= 4 is 5.69 Å². The number of aryl methyl sites for hydroxylation is 1. The van der Waals surface area contributed by atoms with Gasteiger partial charge in [-0.2, -0.15) is 0 Å². The van der Waals surface area contributed by atoms with E-state index in [1.54, 1.807) is 16.9 Å². The SMILES string of the molecule is CCNCc1cn(-c2cc([N+](=O)[O-])ccc2C)nn1. The van der Waals surface area contributed by atoms with Gasteiger partial charge in [0.05, 0.1) is 22.5 Å². The molecule has 0 radical (unpaired) electrons. The Morgan fingerprint density at radius 2 is 2.26 bits per heavy atom. The number of nitro benzene ring substituents is 1. The second kappa shape index (κ2) is 5.57. The van der Waals surface area contributed by atoms with Crippen molar-refractivity contribution in [1.82, 2.24) is 20.3 Å². The van der Waals surface area contributed by atoms with Crippen LogP contribution in [-0.2, 0) is 6.54 Å². The average molecular weight is 261 g/mol. The zero-order valence-corrected chi connectivity index (χ0v) is 10.8. The molecule has 0 fully saturated rings. The van der Waals surface area contributed by atoms with Gasteiger partial charge in [0.15, 0.2) is 0 Å². The number of nitro groups is 1. The molecule has 0 aliphatic rings. The van der Waals surface area contributed by atoms with Crippen LogP contribution < -0.4 is 5.32 Å². The van der Waals surface area contributed by atoms with Crippen LogP contribution in [0.2, 0.25) is 0 Å². The number of hydrogen-bond donors (Lipinski definition) is 1. The van der Waals surface area contributed by atoms with Crippen LogP contribution in [0.1, 0.15) is 18.2 Å². The lowest BCUT2D eigenvalue weighted by Gasteiger charge is -2.04. The van der Waals surface area contributed by atoms with E-state index >= 15 is 0 Å². The van der Waals surface area contributed by atoms with Crippen molar-refractivity contribution in [1.29, 1.82) is 0 Å². The normalized spacial score (nSPS) is 10.6. The molecule has 0 aliphatic heterocycles. The standard InChI is InChI=1S/C12H15N5O2/c1-3-13-7-10-8-16(15-14-10)12-6-11(17(18)19)5-4-9(12)2/h4-6,8,13H,3,7H2,1-2H3. The summed E-state index contributed by atoms with van der Waals surface area (Å²) in [6, 6.07) is 4.69. The van der Waals surface area contributed by atoms with Gasteiger partial charge in [-0.25, -0.2) is 4.68 Å². The Bertz CT molecular complexity index is 594. The van der Waals surface area contributed by atoms with E-state index in [4.69, 9.17) is 0 Å². The molecule has 19 heavy (non-hydrogen) atoms. The largest absolute Gasteiger partial charge is 0.311 e. The average Bonchev–Trinajstić information content (AvgIpc) is 2.85. The molecule has 0 saturated heterocycles. The van der Waals surface area contributed by atoms with Gasteiger partial charge in [0, 0.05) is 18.7 Å². The van der Waals surface area contributed by atoms with Crippen molar-refractivity contribution in [2.75, 3.05) is 6.54 Å². The highest BCUT2D eigenvalue weighted by atomic mass is 16.6. The van der Waals surface area contributed by atoms with Crippen LogP contribution in [0.25, 0.3) is 5.69 Å². The molecule has 7 heteroatoms. The van der Waals surface area contributed by atoms with Gasteiger partial charge in [0.25, 0.3) is 5.69 Å². The van der Waals surface area contributed by atoms with E-state index in [-0.39, 0.29) is 5.69 Å². The first-order chi connectivity index (χ1) is 9.11. The Morgan fingerprint density at radius 3 is 2.95 bits per heavy atom. The van der Waals surface area contributed by atoms with Gasteiger partial charge in [0.1, 0.15) is 0 Å². The summed E-state index contributed by atoms with van der Waals surface area (Å²) in [6.07, 6.45) is 1.77. The fraction of sp³-hybridized carbons (Fsp3) is 0.333. The zero-order chi connectivity index (χ0) is 13.8. The van der Waals surface area contributed by atoms with Crippen molar-refractivity contribution in [2.24, 2.45) is 0 Å². The highest BCUT2D eigenvalue weighted by Crippen LogP contribution is 2.20. The van der Waals surface area contributed by atoms with Gasteiger partial charge >= 0.3 is 0 Å². The van der Waals surface area contributed by atoms with Crippen molar-refractivity contribution in [2.45, 2.75) is 20.4 Å². The molecular weight excluding hydrogens is 246 g/mol. The van der Waals surface area contributed by atoms with Gasteiger partial charge in [-0.15, -0.1) is 5.10 Å². The second-order valence-electron chi connectivity index (χ2n) is 4.16. The molecule has 2 aromatic rings. The van der Waals surface area contributed by atoms with E-state index in [1.807, 2.05) is 13.8 Å². The van der Waals surface area contributed by atoms with Crippen LogP contribution in [0.15, 0.2) is 24.4 Å². The van der Waals surface area contributed by atoms with Crippen molar-refractivity contribution in [3.63, 3.8) is 0 Å². The predicted octanol–water partition coefficient (Wildman–Crippen LogP) is 1.59. The summed E-state index contributed by atoms with van der Waals surface area (Å²) in [4.78, 5) is 10.4. The maximum atomic E-state index is 10.8. The first-order valence-electron chi connectivity index (χ1n) is 5.99. The molecule has 0 spiro atoms. The van der Waals surface area contributed by atoms with Crippen LogP contribution >= 0.6 is 0 Å². The van der Waals surface area contributed by atoms with Gasteiger partial charge < -0.3 is 5.32 Å². The molecule has 1 aromatic carbocycles. The fourth-order valence-electron chi connectivity index (χ4n) is 1.71. The van der Waals surface area contributed by atoms with Gasteiger partial charge in [0.2, 0.25) is 0 Å². The second-order valence-corrected chi connectivity index (χ2v) is 4.16. The highest BCUT2D eigenvalue weighted by Gasteiger charge is 2.11. The van der Waals surface area contributed by atoms with Gasteiger partial charge in [-0.3, -0.25) is 10.1 Å². The maximum Gasteiger partial charge on any atom is 0.271 e. The van der Waals surface area contributed by atoms with Crippen LogP contribution in [-0.4, -0.2) is 26.5 Å². The first kappa shape index (κ1) is 13.2. The molecule has 0 saturated carbocycles. The van der Waals surface area contributed by atoms with Crippen LogP contribution in [0.4, 0.5) is 5.69 Å². The van der Waals surface area contributed by atoms with Crippen LogP contribution in [0, 0.1) is 17.0 Å². The van der Waals surface area contributed by atoms with Crippen molar-refractivity contribution in [3.8, 4) is 5.69 Å². The first-order valence-corrected chi connectivity index (χ1v) is 5.99. The molecule has 1 heterocycles. The molecule has 1 N–H and O–H groups in total. The molecule has 0 aliphatic carbocycles. The van der Waals surface area contributed by atoms with Crippen LogP contribution in [0.3, 0.4) is 0 Å². The number of non-ortho nitro benzene ring substituents is 1. The topological polar surface area (TPSA) is 85.9 Å². The quantitative estimate of drug-likeness (QED) is 0.652. The third kappa shape index (κ3) is 2.94. The predicted molar refractivity (Wildman–Crippen MR) is 70.1 cm³/mol. The third-order valence-electron chi connectivity index (χ3n) is 2.75. The van der Waals surface area contributed by atoms with E-state index < -0.39 is 4.92 Å². The monoisotopic (exact) mass is 261 g/mol. The number of benzene rings is 1. The summed E-state index contributed by atoms with van der Waals surface area (Å²) < 4.78 is 1.56. The van der Waals surface area contributed by atoms with Crippen molar-refractivity contribution < 1.29 is 4.92 Å². The summed E-state index contributed by atoms with van der Waals surface area (Å²) >= 11 is 0. The molecule has 7 nitrogen and oxygen atoms in total. The minimum Gasteiger partial charge on any atom is -0.311 e. The minimum absolute atomic E-state index is 0.0457. The molecule has 0 amide bonds. The number of rotatable bonds is 5. The van der Waals surface area contributed by atoms with Gasteiger partial charge in [-0.1, -0.05) is 18.2 Å². The Kier molecular flexibility index (Phi) is 3.86. The number of aromatic nitrogens is 3. The molecule has 0 unspecified atom stereocenters. The smallest absolute Gasteiger partial charge is 0.271 e. The highest BCUT2D eigenvalue weighted by molar-refractivity contribution is 5.48. The molecule has 0 atom stereocenters. The maximum absolute atomic E-state index is 10.8. The van der Waals surface area contributed by atoms with E-state index in [2.05, 4.69) is 15.6 Å². The summed E-state index contributed by atoms with van der Waals surface area (Å²) in [5.41, 5.74) is 2.42. The van der Waals surface area contributed by atoms with E-state index in [0.717, 1.165) is 17.8 Å². The summed E-state index contributed by atoms with van der Waals surface area (Å²) in [6.45, 7) is 5.37. The number of nitrogens with one attached hydrogen (secondary N) is 1. The Morgan fingerprint density at radius 1 is 1.47 bits per heavy atom. The lowest BCUT2D eigenvalue weighted by Crippen LogP contribution is -2.11. The zero-order valence-electron chi connectivity index (χ0n) is 10.8. The Balaban J connectivity index is 2.32. The van der Waals surface area contributed by atoms with Gasteiger partial charge in [-0.05, 0) is 19.0 Å². The van der Waals surface area contributed by atoms with E-state index in [1.165, 1.54) is 12.1 Å².